The second kappa shape index (κ2) is 10.3. The summed E-state index contributed by atoms with van der Waals surface area (Å²) in [5.74, 6) is 1.81. The molecule has 0 bridgehead atoms. The second-order valence-corrected chi connectivity index (χ2v) is 10.7. The standard InChI is InChI=1S/C26H28N4O3S2/c1-16-6-5-11-29(14-16)23-20(17(2)21(13-27)24(31)28(23)3)12-22-25(32)30(26(34)35-22)15-18-7-9-19(33-4)10-8-18/h7-10,12,16H,5-6,11,14-15H2,1-4H3/b22-12-. The molecule has 2 fully saturated rings. The van der Waals surface area contributed by atoms with E-state index in [1.165, 1.54) is 11.8 Å². The Morgan fingerprint density at radius 2 is 2.00 bits per heavy atom. The van der Waals surface area contributed by atoms with Gasteiger partial charge in [0.25, 0.3) is 11.5 Å². The van der Waals surface area contributed by atoms with Crippen molar-refractivity contribution >= 4 is 46.1 Å². The van der Waals surface area contributed by atoms with E-state index in [4.69, 9.17) is 17.0 Å². The highest BCUT2D eigenvalue weighted by molar-refractivity contribution is 8.26. The number of ether oxygens (including phenoxy) is 1. The highest BCUT2D eigenvalue weighted by Gasteiger charge is 2.33. The van der Waals surface area contributed by atoms with Gasteiger partial charge in [0.2, 0.25) is 0 Å². The molecule has 1 aromatic carbocycles. The number of pyridine rings is 1. The lowest BCUT2D eigenvalue weighted by atomic mass is 9.98. The van der Waals surface area contributed by atoms with Gasteiger partial charge in [-0.15, -0.1) is 0 Å². The number of amides is 1. The Balaban J connectivity index is 1.74. The zero-order chi connectivity index (χ0) is 25.3. The maximum Gasteiger partial charge on any atom is 0.270 e. The molecule has 1 aromatic heterocycles. The van der Waals surface area contributed by atoms with E-state index in [1.807, 2.05) is 24.3 Å². The maximum absolute atomic E-state index is 13.4. The first-order valence-electron chi connectivity index (χ1n) is 11.5. The molecule has 4 rings (SSSR count). The molecule has 9 heteroatoms. The van der Waals surface area contributed by atoms with E-state index in [0.717, 1.165) is 48.6 Å². The van der Waals surface area contributed by atoms with E-state index in [0.29, 0.717) is 27.3 Å². The lowest BCUT2D eigenvalue weighted by Gasteiger charge is -2.35. The van der Waals surface area contributed by atoms with Gasteiger partial charge in [-0.3, -0.25) is 19.1 Å². The van der Waals surface area contributed by atoms with Crippen LogP contribution >= 0.6 is 24.0 Å². The first-order valence-corrected chi connectivity index (χ1v) is 12.7. The largest absolute Gasteiger partial charge is 0.497 e. The van der Waals surface area contributed by atoms with Crippen molar-refractivity contribution in [3.05, 3.63) is 61.8 Å². The Hall–Kier alpha value is -3.09. The van der Waals surface area contributed by atoms with Gasteiger partial charge in [-0.05, 0) is 55.0 Å². The third-order valence-electron chi connectivity index (χ3n) is 6.57. The molecule has 1 atom stereocenters. The van der Waals surface area contributed by atoms with Crippen LogP contribution in [-0.4, -0.2) is 39.9 Å². The molecule has 7 nitrogen and oxygen atoms in total. The molecule has 1 unspecified atom stereocenters. The number of hydrogen-bond acceptors (Lipinski definition) is 7. The molecule has 2 saturated heterocycles. The smallest absolute Gasteiger partial charge is 0.270 e. The van der Waals surface area contributed by atoms with E-state index < -0.39 is 0 Å². The molecule has 2 aliphatic heterocycles. The Morgan fingerprint density at radius 1 is 1.29 bits per heavy atom. The number of aromatic nitrogens is 1. The van der Waals surface area contributed by atoms with E-state index in [9.17, 15) is 14.9 Å². The summed E-state index contributed by atoms with van der Waals surface area (Å²) in [5, 5.41) is 9.68. The average molecular weight is 509 g/mol. The fourth-order valence-corrected chi connectivity index (χ4v) is 5.89. The molecular formula is C26H28N4O3S2. The number of nitriles is 1. The highest BCUT2D eigenvalue weighted by Crippen LogP contribution is 2.37. The topological polar surface area (TPSA) is 78.6 Å². The van der Waals surface area contributed by atoms with Crippen molar-refractivity contribution in [1.82, 2.24) is 9.47 Å². The zero-order valence-electron chi connectivity index (χ0n) is 20.3. The molecule has 0 aliphatic carbocycles. The van der Waals surface area contributed by atoms with E-state index in [2.05, 4.69) is 17.9 Å². The van der Waals surface area contributed by atoms with Gasteiger partial charge in [-0.1, -0.05) is 43.0 Å². The number of benzene rings is 1. The monoisotopic (exact) mass is 508 g/mol. The van der Waals surface area contributed by atoms with Crippen LogP contribution in [-0.2, 0) is 18.4 Å². The van der Waals surface area contributed by atoms with Crippen LogP contribution in [0.2, 0.25) is 0 Å². The summed E-state index contributed by atoms with van der Waals surface area (Å²) in [6.45, 7) is 5.98. The minimum atomic E-state index is -0.317. The number of thioether (sulfide) groups is 1. The van der Waals surface area contributed by atoms with Crippen molar-refractivity contribution in [2.75, 3.05) is 25.1 Å². The van der Waals surface area contributed by atoms with Gasteiger partial charge in [-0.2, -0.15) is 5.26 Å². The van der Waals surface area contributed by atoms with Gasteiger partial charge >= 0.3 is 0 Å². The first kappa shape index (κ1) is 25.0. The SMILES string of the molecule is COc1ccc(CN2C(=O)/C(=C/c3c(C)c(C#N)c(=O)n(C)c3N3CCCC(C)C3)SC2=S)cc1. The molecule has 2 aromatic rings. The number of methoxy groups -OCH3 is 1. The Labute approximate surface area is 215 Å². The predicted octanol–water partition coefficient (Wildman–Crippen LogP) is 4.21. The molecule has 182 valence electrons. The summed E-state index contributed by atoms with van der Waals surface area (Å²) in [6.07, 6.45) is 3.97. The molecule has 0 saturated carbocycles. The van der Waals surface area contributed by atoms with Crippen molar-refractivity contribution in [3.8, 4) is 11.8 Å². The molecule has 3 heterocycles. The van der Waals surface area contributed by atoms with Crippen molar-refractivity contribution in [1.29, 1.82) is 5.26 Å². The van der Waals surface area contributed by atoms with Gasteiger partial charge in [0, 0.05) is 25.7 Å². The minimum Gasteiger partial charge on any atom is -0.497 e. The molecule has 35 heavy (non-hydrogen) atoms. The van der Waals surface area contributed by atoms with Crippen LogP contribution in [0.5, 0.6) is 5.75 Å². The molecule has 0 N–H and O–H groups in total. The van der Waals surface area contributed by atoms with E-state index >= 15 is 0 Å². The normalized spacial score (nSPS) is 19.4. The number of piperidine rings is 1. The Kier molecular flexibility index (Phi) is 7.33. The number of carbonyl (C=O) groups is 1. The summed E-state index contributed by atoms with van der Waals surface area (Å²) < 4.78 is 7.24. The first-order chi connectivity index (χ1) is 16.7. The summed E-state index contributed by atoms with van der Waals surface area (Å²) in [7, 11) is 3.31. The Morgan fingerprint density at radius 3 is 2.63 bits per heavy atom. The predicted molar refractivity (Wildman–Crippen MR) is 143 cm³/mol. The quantitative estimate of drug-likeness (QED) is 0.442. The van der Waals surface area contributed by atoms with Crippen LogP contribution in [0.3, 0.4) is 0 Å². The van der Waals surface area contributed by atoms with E-state index in [1.54, 1.807) is 36.6 Å². The second-order valence-electron chi connectivity index (χ2n) is 9.02. The minimum absolute atomic E-state index is 0.0984. The van der Waals surface area contributed by atoms with Crippen LogP contribution in [0.1, 0.15) is 42.0 Å². The number of hydrogen-bond donors (Lipinski definition) is 0. The van der Waals surface area contributed by atoms with Crippen molar-refractivity contribution in [2.45, 2.75) is 33.2 Å². The lowest BCUT2D eigenvalue weighted by molar-refractivity contribution is -0.122. The van der Waals surface area contributed by atoms with Gasteiger partial charge in [0.05, 0.1) is 18.6 Å². The summed E-state index contributed by atoms with van der Waals surface area (Å²) in [4.78, 5) is 30.6. The molecule has 0 spiro atoms. The zero-order valence-corrected chi connectivity index (χ0v) is 22.0. The van der Waals surface area contributed by atoms with Crippen LogP contribution in [0.25, 0.3) is 6.08 Å². The summed E-state index contributed by atoms with van der Waals surface area (Å²) in [5.41, 5.74) is 2.03. The van der Waals surface area contributed by atoms with Crippen molar-refractivity contribution in [2.24, 2.45) is 13.0 Å². The number of carbonyl (C=O) groups excluding carboxylic acids is 1. The number of nitrogens with zero attached hydrogens (tertiary/aromatic N) is 4. The van der Waals surface area contributed by atoms with Gasteiger partial charge in [0.1, 0.15) is 27.5 Å². The summed E-state index contributed by atoms with van der Waals surface area (Å²) >= 11 is 6.79. The maximum atomic E-state index is 13.4. The van der Waals surface area contributed by atoms with Crippen molar-refractivity contribution in [3.63, 3.8) is 0 Å². The van der Waals surface area contributed by atoms with Gasteiger partial charge in [0.15, 0.2) is 0 Å². The number of rotatable bonds is 5. The van der Waals surface area contributed by atoms with Crippen LogP contribution in [0.4, 0.5) is 5.82 Å². The molecule has 1 amide bonds. The number of thiocarbonyl (C=S) groups is 1. The fraction of sp³-hybridized carbons (Fsp3) is 0.385. The van der Waals surface area contributed by atoms with Crippen LogP contribution < -0.4 is 15.2 Å². The fourth-order valence-electron chi connectivity index (χ4n) is 4.66. The highest BCUT2D eigenvalue weighted by atomic mass is 32.2. The van der Waals surface area contributed by atoms with Crippen molar-refractivity contribution < 1.29 is 9.53 Å². The van der Waals surface area contributed by atoms with E-state index in [-0.39, 0.29) is 17.0 Å². The third-order valence-corrected chi connectivity index (χ3v) is 7.95. The Bertz CT molecular complexity index is 1310. The van der Waals surface area contributed by atoms with Crippen LogP contribution in [0.15, 0.2) is 34.0 Å². The molecular weight excluding hydrogens is 480 g/mol. The number of anilines is 1. The average Bonchev–Trinajstić information content (AvgIpc) is 3.11. The van der Waals surface area contributed by atoms with Gasteiger partial charge in [-0.25, -0.2) is 0 Å². The third kappa shape index (κ3) is 4.86. The lowest BCUT2D eigenvalue weighted by Crippen LogP contribution is -2.39. The summed E-state index contributed by atoms with van der Waals surface area (Å²) in [6, 6.07) is 9.59. The van der Waals surface area contributed by atoms with Crippen LogP contribution in [0, 0.1) is 24.2 Å². The molecule has 2 aliphatic rings. The molecule has 0 radical (unpaired) electrons. The van der Waals surface area contributed by atoms with Gasteiger partial charge < -0.3 is 9.64 Å².